The van der Waals surface area contributed by atoms with E-state index in [1.165, 1.54) is 6.07 Å². The van der Waals surface area contributed by atoms with Gasteiger partial charge in [-0.2, -0.15) is 13.2 Å². The highest BCUT2D eigenvalue weighted by molar-refractivity contribution is 5.41. The highest BCUT2D eigenvalue weighted by Crippen LogP contribution is 2.29. The van der Waals surface area contributed by atoms with Crippen molar-refractivity contribution in [2.45, 2.75) is 26.4 Å². The van der Waals surface area contributed by atoms with E-state index in [1.54, 1.807) is 0 Å². The van der Waals surface area contributed by atoms with Crippen molar-refractivity contribution in [3.8, 4) is 0 Å². The molecule has 1 rings (SSSR count). The molecule has 0 aliphatic heterocycles. The van der Waals surface area contributed by atoms with Gasteiger partial charge < -0.3 is 5.73 Å². The number of anilines is 1. The number of aromatic nitrogens is 1. The lowest BCUT2D eigenvalue weighted by Gasteiger charge is -2.10. The fourth-order valence-corrected chi connectivity index (χ4v) is 1.28. The molecule has 84 valence electrons. The van der Waals surface area contributed by atoms with Gasteiger partial charge in [-0.25, -0.2) is 4.98 Å². The van der Waals surface area contributed by atoms with E-state index < -0.39 is 11.9 Å². The van der Waals surface area contributed by atoms with Crippen molar-refractivity contribution < 1.29 is 13.2 Å². The molecule has 0 radical (unpaired) electrons. The van der Waals surface area contributed by atoms with E-state index >= 15 is 0 Å². The predicted molar refractivity (Wildman–Crippen MR) is 52.2 cm³/mol. The van der Waals surface area contributed by atoms with Gasteiger partial charge in [0.05, 0.1) is 0 Å². The Kier molecular flexibility index (Phi) is 3.21. The van der Waals surface area contributed by atoms with Crippen LogP contribution in [0.4, 0.5) is 18.9 Å². The van der Waals surface area contributed by atoms with E-state index in [0.717, 1.165) is 6.07 Å². The van der Waals surface area contributed by atoms with Gasteiger partial charge in [-0.1, -0.05) is 13.8 Å². The molecule has 1 aromatic heterocycles. The van der Waals surface area contributed by atoms with Crippen LogP contribution in [0.1, 0.15) is 25.2 Å². The highest BCUT2D eigenvalue weighted by Gasteiger charge is 2.33. The zero-order valence-corrected chi connectivity index (χ0v) is 8.60. The van der Waals surface area contributed by atoms with Crippen molar-refractivity contribution in [1.82, 2.24) is 4.98 Å². The van der Waals surface area contributed by atoms with Crippen LogP contribution < -0.4 is 5.73 Å². The van der Waals surface area contributed by atoms with Crippen LogP contribution in [0.5, 0.6) is 0 Å². The van der Waals surface area contributed by atoms with Gasteiger partial charge in [-0.15, -0.1) is 0 Å². The normalized spacial score (nSPS) is 12.1. The summed E-state index contributed by atoms with van der Waals surface area (Å²) in [6, 6.07) is 2.33. The summed E-state index contributed by atoms with van der Waals surface area (Å²) in [5.74, 6) is 0.250. The molecule has 0 atom stereocenters. The standard InChI is InChI=1S/C10H13F3N2/c1-6(2)3-8-4-7(14)5-9(15-8)10(11,12)13/h4-6H,3H2,1-2H3,(H2,14,15). The van der Waals surface area contributed by atoms with Gasteiger partial charge in [0, 0.05) is 11.4 Å². The van der Waals surface area contributed by atoms with Crippen molar-refractivity contribution in [2.24, 2.45) is 5.92 Å². The largest absolute Gasteiger partial charge is 0.433 e. The van der Waals surface area contributed by atoms with Crippen LogP contribution in [-0.2, 0) is 12.6 Å². The van der Waals surface area contributed by atoms with Crippen molar-refractivity contribution >= 4 is 5.69 Å². The molecule has 0 saturated carbocycles. The first-order chi connectivity index (χ1) is 6.79. The molecular formula is C10H13F3N2. The van der Waals surface area contributed by atoms with Gasteiger partial charge in [0.2, 0.25) is 0 Å². The summed E-state index contributed by atoms with van der Waals surface area (Å²) >= 11 is 0. The van der Waals surface area contributed by atoms with Crippen LogP contribution in [0.15, 0.2) is 12.1 Å². The van der Waals surface area contributed by atoms with Crippen molar-refractivity contribution in [3.05, 3.63) is 23.5 Å². The van der Waals surface area contributed by atoms with E-state index in [1.807, 2.05) is 13.8 Å². The minimum atomic E-state index is -4.43. The Morgan fingerprint density at radius 3 is 2.40 bits per heavy atom. The fourth-order valence-electron chi connectivity index (χ4n) is 1.28. The number of hydrogen-bond donors (Lipinski definition) is 1. The monoisotopic (exact) mass is 218 g/mol. The number of pyridine rings is 1. The minimum Gasteiger partial charge on any atom is -0.399 e. The molecule has 0 aliphatic rings. The second kappa shape index (κ2) is 4.08. The molecule has 2 N–H and O–H groups in total. The minimum absolute atomic E-state index is 0.105. The summed E-state index contributed by atoms with van der Waals surface area (Å²) in [5.41, 5.74) is 4.96. The third kappa shape index (κ3) is 3.42. The SMILES string of the molecule is CC(C)Cc1cc(N)cc(C(F)(F)F)n1. The Hall–Kier alpha value is -1.26. The molecule has 0 bridgehead atoms. The van der Waals surface area contributed by atoms with Crippen molar-refractivity contribution in [2.75, 3.05) is 5.73 Å². The number of hydrogen-bond acceptors (Lipinski definition) is 2. The Bertz CT molecular complexity index is 345. The summed E-state index contributed by atoms with van der Waals surface area (Å²) in [6.45, 7) is 3.83. The quantitative estimate of drug-likeness (QED) is 0.828. The zero-order chi connectivity index (χ0) is 11.6. The molecule has 1 heterocycles. The van der Waals surface area contributed by atoms with Crippen LogP contribution >= 0.6 is 0 Å². The predicted octanol–water partition coefficient (Wildman–Crippen LogP) is 2.88. The molecule has 0 fully saturated rings. The van der Waals surface area contributed by atoms with E-state index in [9.17, 15) is 13.2 Å². The average Bonchev–Trinajstić information content (AvgIpc) is 1.99. The average molecular weight is 218 g/mol. The number of nitrogen functional groups attached to an aromatic ring is 1. The van der Waals surface area contributed by atoms with E-state index in [0.29, 0.717) is 12.1 Å². The Morgan fingerprint density at radius 1 is 1.33 bits per heavy atom. The number of nitrogens with zero attached hydrogens (tertiary/aromatic N) is 1. The molecule has 1 aromatic rings. The number of rotatable bonds is 2. The summed E-state index contributed by atoms with van der Waals surface area (Å²) in [7, 11) is 0. The number of halogens is 3. The van der Waals surface area contributed by atoms with Gasteiger partial charge in [-0.3, -0.25) is 0 Å². The molecule has 0 spiro atoms. The molecular weight excluding hydrogens is 205 g/mol. The van der Waals surface area contributed by atoms with Crippen molar-refractivity contribution in [3.63, 3.8) is 0 Å². The van der Waals surface area contributed by atoms with Gasteiger partial charge in [-0.05, 0) is 24.5 Å². The van der Waals surface area contributed by atoms with E-state index in [4.69, 9.17) is 5.73 Å². The fraction of sp³-hybridized carbons (Fsp3) is 0.500. The van der Waals surface area contributed by atoms with Crippen LogP contribution in [0.3, 0.4) is 0 Å². The maximum atomic E-state index is 12.4. The maximum absolute atomic E-state index is 12.4. The van der Waals surface area contributed by atoms with Crippen molar-refractivity contribution in [1.29, 1.82) is 0 Å². The van der Waals surface area contributed by atoms with Gasteiger partial charge in [0.1, 0.15) is 5.69 Å². The molecule has 0 unspecified atom stereocenters. The summed E-state index contributed by atoms with van der Waals surface area (Å²) < 4.78 is 37.1. The first-order valence-electron chi connectivity index (χ1n) is 4.62. The summed E-state index contributed by atoms with van der Waals surface area (Å²) in [4.78, 5) is 3.54. The van der Waals surface area contributed by atoms with Crippen LogP contribution in [0, 0.1) is 5.92 Å². The van der Waals surface area contributed by atoms with Gasteiger partial charge in [0.25, 0.3) is 0 Å². The lowest BCUT2D eigenvalue weighted by Crippen LogP contribution is -2.11. The van der Waals surface area contributed by atoms with Crippen LogP contribution in [-0.4, -0.2) is 4.98 Å². The van der Waals surface area contributed by atoms with Crippen LogP contribution in [0.2, 0.25) is 0 Å². The Balaban J connectivity index is 3.06. The van der Waals surface area contributed by atoms with Crippen LogP contribution in [0.25, 0.3) is 0 Å². The zero-order valence-electron chi connectivity index (χ0n) is 8.60. The summed E-state index contributed by atoms with van der Waals surface area (Å²) in [6.07, 6.45) is -3.94. The molecule has 2 nitrogen and oxygen atoms in total. The Morgan fingerprint density at radius 2 is 1.93 bits per heavy atom. The molecule has 0 aliphatic carbocycles. The topological polar surface area (TPSA) is 38.9 Å². The summed E-state index contributed by atoms with van der Waals surface area (Å²) in [5, 5.41) is 0. The second-order valence-electron chi connectivity index (χ2n) is 3.87. The first-order valence-corrected chi connectivity index (χ1v) is 4.62. The molecule has 0 saturated heterocycles. The first kappa shape index (κ1) is 11.8. The molecule has 0 aromatic carbocycles. The second-order valence-corrected chi connectivity index (χ2v) is 3.87. The lowest BCUT2D eigenvalue weighted by atomic mass is 10.1. The van der Waals surface area contributed by atoms with Gasteiger partial charge >= 0.3 is 6.18 Å². The third-order valence-electron chi connectivity index (χ3n) is 1.81. The van der Waals surface area contributed by atoms with Gasteiger partial charge in [0.15, 0.2) is 0 Å². The highest BCUT2D eigenvalue weighted by atomic mass is 19.4. The maximum Gasteiger partial charge on any atom is 0.433 e. The van der Waals surface area contributed by atoms with E-state index in [2.05, 4.69) is 4.98 Å². The third-order valence-corrected chi connectivity index (χ3v) is 1.81. The number of nitrogens with two attached hydrogens (primary N) is 1. The molecule has 5 heteroatoms. The molecule has 0 amide bonds. The molecule has 15 heavy (non-hydrogen) atoms. The number of alkyl halides is 3. The Labute approximate surface area is 86.3 Å². The van der Waals surface area contributed by atoms with E-state index in [-0.39, 0.29) is 11.6 Å². The smallest absolute Gasteiger partial charge is 0.399 e. The lowest BCUT2D eigenvalue weighted by molar-refractivity contribution is -0.141.